The lowest BCUT2D eigenvalue weighted by atomic mass is 10.0. The molecule has 0 heterocycles. The van der Waals surface area contributed by atoms with Gasteiger partial charge in [-0.1, -0.05) is 315 Å². The molecule has 6 nitrogen and oxygen atoms in total. The van der Waals surface area contributed by atoms with Crippen LogP contribution in [0.5, 0.6) is 0 Å². The summed E-state index contributed by atoms with van der Waals surface area (Å²) in [6.45, 7) is 6.37. The zero-order valence-electron chi connectivity index (χ0n) is 53.5. The normalized spacial score (nSPS) is 13.0. The minimum absolute atomic E-state index is 0.100. The molecule has 0 aromatic heterocycles. The van der Waals surface area contributed by atoms with Gasteiger partial charge < -0.3 is 14.2 Å². The maximum Gasteiger partial charge on any atom is 0.306 e. The topological polar surface area (TPSA) is 78.9 Å². The van der Waals surface area contributed by atoms with Crippen molar-refractivity contribution in [3.8, 4) is 0 Å². The molecular formula is C76H126O6. The quantitative estimate of drug-likeness (QED) is 0.0261. The summed E-state index contributed by atoms with van der Waals surface area (Å²) < 4.78 is 16.9. The highest BCUT2D eigenvalue weighted by atomic mass is 16.6. The molecule has 0 spiro atoms. The van der Waals surface area contributed by atoms with Crippen LogP contribution in [-0.2, 0) is 28.6 Å². The van der Waals surface area contributed by atoms with Crippen molar-refractivity contribution in [2.24, 2.45) is 0 Å². The standard InChI is InChI=1S/C76H126O6/c1-4-7-10-13-16-19-22-24-26-28-30-32-34-35-36-37-38-39-40-41-43-44-46-48-50-52-54-57-60-63-66-69-75(78)81-72-73(71-80-74(77)68-65-62-59-56-21-18-15-12-9-6-3)82-76(79)70-67-64-61-58-55-53-51-49-47-45-42-33-31-29-27-25-23-20-17-14-11-8-5-2/h7-8,10-11,16-17,19-20,24-27,30-33,45,47,51,53,58,61,73H,4-6,9,12-15,18,21-23,28-29,34-44,46,48-50,52,54-57,59-60,62-72H2,1-3H3/b10-7-,11-8-,19-16-,20-17-,26-24-,27-25-,32-30-,33-31-,47-45-,53-51-,61-58-. The predicted molar refractivity (Wildman–Crippen MR) is 357 cm³/mol. The smallest absolute Gasteiger partial charge is 0.306 e. The zero-order valence-corrected chi connectivity index (χ0v) is 53.5. The fourth-order valence-electron chi connectivity index (χ4n) is 9.37. The van der Waals surface area contributed by atoms with Gasteiger partial charge in [0, 0.05) is 19.3 Å². The minimum Gasteiger partial charge on any atom is -0.462 e. The first-order valence-corrected chi connectivity index (χ1v) is 34.2. The van der Waals surface area contributed by atoms with Crippen molar-refractivity contribution in [1.82, 2.24) is 0 Å². The molecule has 1 unspecified atom stereocenters. The summed E-state index contributed by atoms with van der Waals surface area (Å²) in [4.78, 5) is 38.3. The first-order chi connectivity index (χ1) is 40.5. The van der Waals surface area contributed by atoms with E-state index in [-0.39, 0.29) is 37.5 Å². The van der Waals surface area contributed by atoms with Gasteiger partial charge in [0.15, 0.2) is 6.10 Å². The van der Waals surface area contributed by atoms with E-state index in [4.69, 9.17) is 14.2 Å². The van der Waals surface area contributed by atoms with Gasteiger partial charge in [-0.25, -0.2) is 0 Å². The molecule has 6 heteroatoms. The summed E-state index contributed by atoms with van der Waals surface area (Å²) in [5.74, 6) is -0.955. The van der Waals surface area contributed by atoms with Crippen LogP contribution in [0.15, 0.2) is 134 Å². The molecule has 466 valence electrons. The van der Waals surface area contributed by atoms with E-state index in [1.807, 2.05) is 0 Å². The van der Waals surface area contributed by atoms with Gasteiger partial charge in [-0.05, 0) is 109 Å². The number of esters is 3. The second-order valence-corrected chi connectivity index (χ2v) is 22.3. The van der Waals surface area contributed by atoms with E-state index in [1.165, 1.54) is 148 Å². The first-order valence-electron chi connectivity index (χ1n) is 34.2. The summed E-state index contributed by atoms with van der Waals surface area (Å²) in [6.07, 6.45) is 97.8. The fourth-order valence-corrected chi connectivity index (χ4v) is 9.37. The highest BCUT2D eigenvalue weighted by Crippen LogP contribution is 2.17. The summed E-state index contributed by atoms with van der Waals surface area (Å²) in [5, 5.41) is 0. The van der Waals surface area contributed by atoms with Crippen LogP contribution in [0.3, 0.4) is 0 Å². The molecule has 0 fully saturated rings. The molecule has 82 heavy (non-hydrogen) atoms. The number of carbonyl (C=O) groups is 3. The van der Waals surface area contributed by atoms with Crippen molar-refractivity contribution >= 4 is 17.9 Å². The lowest BCUT2D eigenvalue weighted by Crippen LogP contribution is -2.30. The second-order valence-electron chi connectivity index (χ2n) is 22.3. The Morgan fingerprint density at radius 1 is 0.256 bits per heavy atom. The molecule has 0 aromatic rings. The Hall–Kier alpha value is -4.45. The van der Waals surface area contributed by atoms with Crippen LogP contribution >= 0.6 is 0 Å². The molecule has 0 N–H and O–H groups in total. The lowest BCUT2D eigenvalue weighted by molar-refractivity contribution is -0.167. The Balaban J connectivity index is 4.25. The molecule has 0 aliphatic heterocycles. The highest BCUT2D eigenvalue weighted by Gasteiger charge is 2.19. The molecule has 0 aromatic carbocycles. The van der Waals surface area contributed by atoms with E-state index in [9.17, 15) is 14.4 Å². The molecule has 0 rings (SSSR count). The molecule has 0 saturated heterocycles. The van der Waals surface area contributed by atoms with Gasteiger partial charge in [0.05, 0.1) is 0 Å². The maximum absolute atomic E-state index is 12.9. The van der Waals surface area contributed by atoms with Gasteiger partial charge in [-0.2, -0.15) is 0 Å². The minimum atomic E-state index is -0.810. The first kappa shape index (κ1) is 77.5. The summed E-state index contributed by atoms with van der Waals surface area (Å²) >= 11 is 0. The van der Waals surface area contributed by atoms with Crippen LogP contribution in [0.2, 0.25) is 0 Å². The van der Waals surface area contributed by atoms with Gasteiger partial charge in [0.1, 0.15) is 13.2 Å². The Morgan fingerprint density at radius 3 is 0.780 bits per heavy atom. The maximum atomic E-state index is 12.9. The average Bonchev–Trinajstić information content (AvgIpc) is 3.47. The van der Waals surface area contributed by atoms with Gasteiger partial charge in [0.25, 0.3) is 0 Å². The number of allylic oxidation sites excluding steroid dienone is 22. The van der Waals surface area contributed by atoms with Crippen molar-refractivity contribution in [3.63, 3.8) is 0 Å². The van der Waals surface area contributed by atoms with Crippen molar-refractivity contribution in [1.29, 1.82) is 0 Å². The van der Waals surface area contributed by atoms with E-state index in [0.717, 1.165) is 116 Å². The van der Waals surface area contributed by atoms with E-state index < -0.39 is 6.10 Å². The summed E-state index contributed by atoms with van der Waals surface area (Å²) in [5.41, 5.74) is 0. The van der Waals surface area contributed by atoms with Gasteiger partial charge >= 0.3 is 17.9 Å². The van der Waals surface area contributed by atoms with Crippen molar-refractivity contribution < 1.29 is 28.6 Å². The van der Waals surface area contributed by atoms with Crippen LogP contribution in [0.1, 0.15) is 310 Å². The van der Waals surface area contributed by atoms with Gasteiger partial charge in [0.2, 0.25) is 0 Å². The Labute approximate surface area is 506 Å². The third-order valence-corrected chi connectivity index (χ3v) is 14.4. The molecule has 0 radical (unpaired) electrons. The zero-order chi connectivity index (χ0) is 59.2. The molecule has 0 aliphatic carbocycles. The summed E-state index contributed by atoms with van der Waals surface area (Å²) in [6, 6.07) is 0. The fraction of sp³-hybridized carbons (Fsp3) is 0.671. The van der Waals surface area contributed by atoms with E-state index in [2.05, 4.69) is 154 Å². The molecule has 0 saturated carbocycles. The number of hydrogen-bond donors (Lipinski definition) is 0. The Bertz CT molecular complexity index is 1730. The summed E-state index contributed by atoms with van der Waals surface area (Å²) in [7, 11) is 0. The second kappa shape index (κ2) is 69.0. The van der Waals surface area contributed by atoms with Crippen LogP contribution in [0, 0.1) is 0 Å². The van der Waals surface area contributed by atoms with Crippen LogP contribution in [0.4, 0.5) is 0 Å². The predicted octanol–water partition coefficient (Wildman–Crippen LogP) is 23.7. The largest absolute Gasteiger partial charge is 0.462 e. The van der Waals surface area contributed by atoms with Crippen molar-refractivity contribution in [3.05, 3.63) is 134 Å². The average molecular weight is 1140 g/mol. The Morgan fingerprint density at radius 2 is 0.488 bits per heavy atom. The van der Waals surface area contributed by atoms with Gasteiger partial charge in [-0.15, -0.1) is 0 Å². The number of ether oxygens (including phenoxy) is 3. The van der Waals surface area contributed by atoms with Crippen LogP contribution < -0.4 is 0 Å². The van der Waals surface area contributed by atoms with E-state index in [0.29, 0.717) is 19.3 Å². The third-order valence-electron chi connectivity index (χ3n) is 14.4. The molecule has 1 atom stereocenters. The Kier molecular flexibility index (Phi) is 65.3. The number of hydrogen-bond acceptors (Lipinski definition) is 6. The van der Waals surface area contributed by atoms with Crippen molar-refractivity contribution in [2.45, 2.75) is 316 Å². The van der Waals surface area contributed by atoms with Crippen LogP contribution in [-0.4, -0.2) is 37.2 Å². The van der Waals surface area contributed by atoms with E-state index >= 15 is 0 Å². The number of carbonyl (C=O) groups excluding carboxylic acids is 3. The highest BCUT2D eigenvalue weighted by molar-refractivity contribution is 5.71. The van der Waals surface area contributed by atoms with Gasteiger partial charge in [-0.3, -0.25) is 14.4 Å². The lowest BCUT2D eigenvalue weighted by Gasteiger charge is -2.18. The van der Waals surface area contributed by atoms with E-state index in [1.54, 1.807) is 0 Å². The van der Waals surface area contributed by atoms with Crippen molar-refractivity contribution in [2.75, 3.05) is 13.2 Å². The molecule has 0 aliphatic rings. The van der Waals surface area contributed by atoms with Crippen LogP contribution in [0.25, 0.3) is 0 Å². The molecule has 0 bridgehead atoms. The third kappa shape index (κ3) is 66.4. The number of rotatable bonds is 61. The number of unbranched alkanes of at least 4 members (excludes halogenated alkanes) is 28. The monoisotopic (exact) mass is 1130 g/mol. The SMILES string of the molecule is CC/C=C\C/C=C\C/C=C\C/C=C\C/C=C\C/C=C\C/C=C\CCCC(=O)OC(COC(=O)CCCCCCCCCCCC)COC(=O)CCCCCCCCCCCCCCCCCCCC/C=C\C/C=C\C/C=C\C/C=C\CC. The molecular weight excluding hydrogens is 1010 g/mol. The molecule has 0 amide bonds.